The van der Waals surface area contributed by atoms with Gasteiger partial charge in [0.15, 0.2) is 0 Å². The van der Waals surface area contributed by atoms with Gasteiger partial charge in [-0.1, -0.05) is 6.08 Å². The Morgan fingerprint density at radius 3 is 3.04 bits per heavy atom. The number of aromatic nitrogens is 2. The molecule has 0 aliphatic carbocycles. The highest BCUT2D eigenvalue weighted by atomic mass is 16.3. The van der Waals surface area contributed by atoms with Gasteiger partial charge in [0.25, 0.3) is 11.5 Å². The second kappa shape index (κ2) is 7.23. The number of nitrogens with zero attached hydrogens (tertiary/aromatic N) is 3. The van der Waals surface area contributed by atoms with Crippen LogP contribution in [0.3, 0.4) is 0 Å². The van der Waals surface area contributed by atoms with E-state index in [9.17, 15) is 14.7 Å². The molecular weight excluding hydrogens is 322 g/mol. The molecule has 7 nitrogen and oxygen atoms in total. The predicted octanol–water partition coefficient (Wildman–Crippen LogP) is 1.86. The van der Waals surface area contributed by atoms with Gasteiger partial charge < -0.3 is 14.4 Å². The van der Waals surface area contributed by atoms with Crippen molar-refractivity contribution in [2.75, 3.05) is 13.2 Å². The summed E-state index contributed by atoms with van der Waals surface area (Å²) >= 11 is 0. The molecule has 3 rings (SSSR count). The number of hydrogen-bond acceptors (Lipinski definition) is 5. The molecule has 1 unspecified atom stereocenters. The van der Waals surface area contributed by atoms with Crippen molar-refractivity contribution in [2.45, 2.75) is 45.2 Å². The molecule has 0 saturated carbocycles. The Morgan fingerprint density at radius 2 is 2.32 bits per heavy atom. The third kappa shape index (κ3) is 3.11. The summed E-state index contributed by atoms with van der Waals surface area (Å²) in [7, 11) is 0. The Labute approximate surface area is 145 Å². The minimum absolute atomic E-state index is 0.0114. The number of furan rings is 1. The smallest absolute Gasteiger partial charge is 0.265 e. The molecule has 2 aromatic heterocycles. The topological polar surface area (TPSA) is 88.6 Å². The lowest BCUT2D eigenvalue weighted by Gasteiger charge is -2.35. The molecular formula is C18H23N3O4. The van der Waals surface area contributed by atoms with Gasteiger partial charge in [-0.3, -0.25) is 14.2 Å². The first-order chi connectivity index (χ1) is 12.1. The number of hydrogen-bond donors (Lipinski definition) is 1. The van der Waals surface area contributed by atoms with Crippen LogP contribution >= 0.6 is 0 Å². The van der Waals surface area contributed by atoms with Crippen molar-refractivity contribution in [1.29, 1.82) is 0 Å². The zero-order valence-electron chi connectivity index (χ0n) is 14.4. The van der Waals surface area contributed by atoms with Gasteiger partial charge >= 0.3 is 0 Å². The lowest BCUT2D eigenvalue weighted by atomic mass is 9.98. The fraction of sp³-hybridized carbons (Fsp3) is 0.500. The fourth-order valence-electron chi connectivity index (χ4n) is 3.52. The van der Waals surface area contributed by atoms with Crippen molar-refractivity contribution in [3.8, 4) is 0 Å². The molecule has 0 bridgehead atoms. The second-order valence-corrected chi connectivity index (χ2v) is 6.36. The Kier molecular flexibility index (Phi) is 5.03. The van der Waals surface area contributed by atoms with Crippen LogP contribution in [-0.2, 0) is 6.54 Å². The van der Waals surface area contributed by atoms with Crippen molar-refractivity contribution in [1.82, 2.24) is 14.5 Å². The van der Waals surface area contributed by atoms with Gasteiger partial charge in [0.1, 0.15) is 17.5 Å². The molecule has 0 aromatic carbocycles. The molecule has 25 heavy (non-hydrogen) atoms. The molecule has 1 fully saturated rings. The maximum Gasteiger partial charge on any atom is 0.265 e. The maximum atomic E-state index is 13.2. The number of fused-ring (bicyclic) bond motifs is 1. The van der Waals surface area contributed by atoms with Gasteiger partial charge in [-0.15, -0.1) is 6.58 Å². The number of carbonyl (C=O) groups is 1. The van der Waals surface area contributed by atoms with E-state index in [1.54, 1.807) is 17.9 Å². The quantitative estimate of drug-likeness (QED) is 0.836. The summed E-state index contributed by atoms with van der Waals surface area (Å²) in [5.74, 6) is 0.180. The Morgan fingerprint density at radius 1 is 1.52 bits per heavy atom. The van der Waals surface area contributed by atoms with Gasteiger partial charge in [-0.25, -0.2) is 4.98 Å². The first-order valence-electron chi connectivity index (χ1n) is 8.59. The Hall–Kier alpha value is -2.41. The standard InChI is InChI=1S/C18H23N3O4/c1-3-8-20-11-19-16-15(17(20)23)14(12(2)25-16)18(24)21-9-5-4-6-13(21)7-10-22/h3,11,13,22H,1,4-10H2,2H3. The van der Waals surface area contributed by atoms with E-state index in [0.29, 0.717) is 25.3 Å². The minimum Gasteiger partial charge on any atom is -0.442 e. The lowest BCUT2D eigenvalue weighted by molar-refractivity contribution is 0.0574. The van der Waals surface area contributed by atoms with Crippen molar-refractivity contribution in [2.24, 2.45) is 0 Å². The van der Waals surface area contributed by atoms with E-state index in [2.05, 4.69) is 11.6 Å². The van der Waals surface area contributed by atoms with Gasteiger partial charge in [-0.2, -0.15) is 0 Å². The van der Waals surface area contributed by atoms with Crippen LogP contribution in [0.1, 0.15) is 41.8 Å². The summed E-state index contributed by atoms with van der Waals surface area (Å²) in [6.45, 7) is 6.28. The number of amides is 1. The van der Waals surface area contributed by atoms with Crippen molar-refractivity contribution in [3.63, 3.8) is 0 Å². The molecule has 7 heteroatoms. The van der Waals surface area contributed by atoms with E-state index in [1.165, 1.54) is 10.9 Å². The van der Waals surface area contributed by atoms with Crippen molar-refractivity contribution in [3.05, 3.63) is 40.7 Å². The molecule has 134 valence electrons. The molecule has 2 aromatic rings. The van der Waals surface area contributed by atoms with Gasteiger partial charge in [0, 0.05) is 25.7 Å². The third-order valence-corrected chi connectivity index (χ3v) is 4.74. The van der Waals surface area contributed by atoms with Gasteiger partial charge in [0.05, 0.1) is 5.56 Å². The number of aliphatic hydroxyl groups excluding tert-OH is 1. The van der Waals surface area contributed by atoms with Crippen LogP contribution in [0.2, 0.25) is 0 Å². The van der Waals surface area contributed by atoms with Crippen molar-refractivity contribution >= 4 is 17.0 Å². The fourth-order valence-corrected chi connectivity index (χ4v) is 3.52. The van der Waals surface area contributed by atoms with Crippen LogP contribution < -0.4 is 5.56 Å². The van der Waals surface area contributed by atoms with Crippen LogP contribution in [0, 0.1) is 6.92 Å². The number of aryl methyl sites for hydroxylation is 1. The largest absolute Gasteiger partial charge is 0.442 e. The zero-order valence-corrected chi connectivity index (χ0v) is 14.4. The summed E-state index contributed by atoms with van der Waals surface area (Å²) in [5.41, 5.74) is 0.165. The monoisotopic (exact) mass is 345 g/mol. The maximum absolute atomic E-state index is 13.2. The number of piperidine rings is 1. The summed E-state index contributed by atoms with van der Waals surface area (Å²) in [6.07, 6.45) is 6.36. The highest BCUT2D eigenvalue weighted by Gasteiger charge is 2.32. The molecule has 3 heterocycles. The van der Waals surface area contributed by atoms with Gasteiger partial charge in [-0.05, 0) is 32.6 Å². The normalized spacial score (nSPS) is 17.8. The summed E-state index contributed by atoms with van der Waals surface area (Å²) in [5, 5.41) is 9.51. The predicted molar refractivity (Wildman–Crippen MR) is 93.6 cm³/mol. The lowest BCUT2D eigenvalue weighted by Crippen LogP contribution is -2.44. The van der Waals surface area contributed by atoms with Crippen LogP contribution in [-0.4, -0.2) is 44.7 Å². The Balaban J connectivity index is 2.09. The van der Waals surface area contributed by atoms with E-state index in [-0.39, 0.29) is 40.8 Å². The summed E-state index contributed by atoms with van der Waals surface area (Å²) < 4.78 is 6.98. The minimum atomic E-state index is -0.305. The number of allylic oxidation sites excluding steroid dienone is 1. The Bertz CT molecular complexity index is 850. The van der Waals surface area contributed by atoms with Crippen molar-refractivity contribution < 1.29 is 14.3 Å². The SMILES string of the molecule is C=CCn1cnc2oc(C)c(C(=O)N3CCCCC3CCO)c2c1=O. The molecule has 0 radical (unpaired) electrons. The number of carbonyl (C=O) groups excluding carboxylic acids is 1. The first-order valence-corrected chi connectivity index (χ1v) is 8.59. The average Bonchev–Trinajstić information content (AvgIpc) is 2.94. The van der Waals surface area contributed by atoms with Crippen LogP contribution in [0.15, 0.2) is 28.2 Å². The van der Waals surface area contributed by atoms with E-state index >= 15 is 0 Å². The number of rotatable bonds is 5. The average molecular weight is 345 g/mol. The van der Waals surface area contributed by atoms with Gasteiger partial charge in [0.2, 0.25) is 5.71 Å². The summed E-state index contributed by atoms with van der Waals surface area (Å²) in [6, 6.07) is -0.0114. The van der Waals surface area contributed by atoms with E-state index in [4.69, 9.17) is 4.42 Å². The van der Waals surface area contributed by atoms with E-state index in [0.717, 1.165) is 19.3 Å². The second-order valence-electron chi connectivity index (χ2n) is 6.36. The molecule has 1 aliphatic rings. The molecule has 1 amide bonds. The van der Waals surface area contributed by atoms with Crippen LogP contribution in [0.25, 0.3) is 11.1 Å². The highest BCUT2D eigenvalue weighted by Crippen LogP contribution is 2.27. The van der Waals surface area contributed by atoms with E-state index < -0.39 is 0 Å². The highest BCUT2D eigenvalue weighted by molar-refractivity contribution is 6.06. The summed E-state index contributed by atoms with van der Waals surface area (Å²) in [4.78, 5) is 31.9. The molecule has 1 atom stereocenters. The molecule has 1 aliphatic heterocycles. The third-order valence-electron chi connectivity index (χ3n) is 4.74. The zero-order chi connectivity index (χ0) is 18.0. The first kappa shape index (κ1) is 17.4. The number of aliphatic hydroxyl groups is 1. The molecule has 1 saturated heterocycles. The molecule has 1 N–H and O–H groups in total. The van der Waals surface area contributed by atoms with Crippen LogP contribution in [0.4, 0.5) is 0 Å². The van der Waals surface area contributed by atoms with E-state index in [1.807, 2.05) is 0 Å². The van der Waals surface area contributed by atoms with Crippen LogP contribution in [0.5, 0.6) is 0 Å². The number of likely N-dealkylation sites (tertiary alicyclic amines) is 1. The molecule has 0 spiro atoms.